The van der Waals surface area contributed by atoms with Crippen molar-refractivity contribution in [3.8, 4) is 39.9 Å². The van der Waals surface area contributed by atoms with Crippen LogP contribution in [0.5, 0.6) is 0 Å². The molecule has 0 aliphatic carbocycles. The standard InChI is InChI=1S/C45H26N4O2/c1-3-11-27(12-4-1)43-46-44(28-13-5-2-6-14-28)48-45(47-43)29-19-21-32-35-26-30(20-23-38(35)51-40(32)25-29)49-36-17-9-7-15-31(36)33-22-24-39-41(42(33)49)34-16-8-10-18-37(34)50-39/h1-26H/i7D,8D,17D,18D. The summed E-state index contributed by atoms with van der Waals surface area (Å²) in [6.45, 7) is 0. The smallest absolute Gasteiger partial charge is 0.164 e. The van der Waals surface area contributed by atoms with Crippen LogP contribution >= 0.6 is 0 Å². The van der Waals surface area contributed by atoms with E-state index >= 15 is 0 Å². The van der Waals surface area contributed by atoms with Crippen LogP contribution in [0, 0.1) is 0 Å². The van der Waals surface area contributed by atoms with Gasteiger partial charge in [-0.2, -0.15) is 0 Å². The lowest BCUT2D eigenvalue weighted by atomic mass is 10.1. The topological polar surface area (TPSA) is 69.9 Å². The lowest BCUT2D eigenvalue weighted by molar-refractivity contribution is 0.668. The minimum atomic E-state index is 0.138. The van der Waals surface area contributed by atoms with Gasteiger partial charge < -0.3 is 13.4 Å². The summed E-state index contributed by atoms with van der Waals surface area (Å²) in [5.41, 5.74) is 7.13. The number of para-hydroxylation sites is 2. The Kier molecular flexibility index (Phi) is 5.08. The van der Waals surface area contributed by atoms with Gasteiger partial charge in [-0.25, -0.2) is 15.0 Å². The highest BCUT2D eigenvalue weighted by Crippen LogP contribution is 2.42. The summed E-state index contributed by atoms with van der Waals surface area (Å²) in [6, 6.07) is 42.8. The Balaban J connectivity index is 1.13. The number of nitrogens with zero attached hydrogens (tertiary/aromatic N) is 4. The summed E-state index contributed by atoms with van der Waals surface area (Å²) in [5.74, 6) is 1.68. The Morgan fingerprint density at radius 1 is 0.451 bits per heavy atom. The molecule has 6 heteroatoms. The molecule has 0 radical (unpaired) electrons. The van der Waals surface area contributed by atoms with Gasteiger partial charge in [-0.3, -0.25) is 0 Å². The molecule has 0 amide bonds. The average Bonchev–Trinajstić information content (AvgIpc) is 3.87. The summed E-state index contributed by atoms with van der Waals surface area (Å²) in [6.07, 6.45) is 0. The zero-order valence-electron chi connectivity index (χ0n) is 30.8. The van der Waals surface area contributed by atoms with Gasteiger partial charge in [0.05, 0.1) is 21.9 Å². The first kappa shape index (κ1) is 24.1. The van der Waals surface area contributed by atoms with Crippen LogP contribution in [0.15, 0.2) is 166 Å². The molecule has 0 saturated heterocycles. The molecule has 4 heterocycles. The predicted octanol–water partition coefficient (Wildman–Crippen LogP) is 11.8. The molecule has 0 spiro atoms. The van der Waals surface area contributed by atoms with Gasteiger partial charge >= 0.3 is 0 Å². The summed E-state index contributed by atoms with van der Waals surface area (Å²) < 4.78 is 49.2. The Bertz CT molecular complexity index is 3320. The van der Waals surface area contributed by atoms with Crippen LogP contribution in [-0.2, 0) is 0 Å². The molecule has 0 saturated carbocycles. The molecule has 0 atom stereocenters. The van der Waals surface area contributed by atoms with Crippen LogP contribution in [0.4, 0.5) is 0 Å². The summed E-state index contributed by atoms with van der Waals surface area (Å²) >= 11 is 0. The number of benzene rings is 7. The maximum absolute atomic E-state index is 9.08. The van der Waals surface area contributed by atoms with Crippen molar-refractivity contribution in [1.82, 2.24) is 19.5 Å². The number of furan rings is 2. The summed E-state index contributed by atoms with van der Waals surface area (Å²) in [4.78, 5) is 14.6. The van der Waals surface area contributed by atoms with E-state index in [1.165, 1.54) is 6.07 Å². The van der Waals surface area contributed by atoms with Gasteiger partial charge in [0.1, 0.15) is 22.3 Å². The number of aromatic nitrogens is 4. The Morgan fingerprint density at radius 2 is 1.10 bits per heavy atom. The van der Waals surface area contributed by atoms with Crippen molar-refractivity contribution in [2.24, 2.45) is 0 Å². The second-order valence-corrected chi connectivity index (χ2v) is 12.5. The molecule has 11 aromatic rings. The van der Waals surface area contributed by atoms with E-state index in [4.69, 9.17) is 29.3 Å². The van der Waals surface area contributed by atoms with Crippen LogP contribution in [-0.4, -0.2) is 19.5 Å². The van der Waals surface area contributed by atoms with Crippen LogP contribution < -0.4 is 0 Å². The van der Waals surface area contributed by atoms with E-state index in [2.05, 4.69) is 6.07 Å². The highest BCUT2D eigenvalue weighted by atomic mass is 16.3. The fourth-order valence-corrected chi connectivity index (χ4v) is 7.25. The van der Waals surface area contributed by atoms with Crippen LogP contribution in [0.1, 0.15) is 5.48 Å². The van der Waals surface area contributed by atoms with Crippen molar-refractivity contribution in [2.45, 2.75) is 0 Å². The highest BCUT2D eigenvalue weighted by molar-refractivity contribution is 6.24. The lowest BCUT2D eigenvalue weighted by Crippen LogP contribution is -2.00. The van der Waals surface area contributed by atoms with E-state index in [-0.39, 0.29) is 24.2 Å². The zero-order valence-corrected chi connectivity index (χ0v) is 26.8. The van der Waals surface area contributed by atoms with E-state index < -0.39 is 0 Å². The third kappa shape index (κ3) is 4.26. The van der Waals surface area contributed by atoms with Gasteiger partial charge in [0.25, 0.3) is 0 Å². The molecule has 0 bridgehead atoms. The molecule has 0 aliphatic rings. The zero-order chi connectivity index (χ0) is 36.9. The number of hydrogen-bond donors (Lipinski definition) is 0. The molecular formula is C45H26N4O2. The van der Waals surface area contributed by atoms with Crippen molar-refractivity contribution in [1.29, 1.82) is 0 Å². The average molecular weight is 659 g/mol. The van der Waals surface area contributed by atoms with Crippen molar-refractivity contribution in [3.63, 3.8) is 0 Å². The normalized spacial score (nSPS) is 13.0. The number of rotatable bonds is 4. The number of fused-ring (bicyclic) bond motifs is 10. The Labute approximate surface area is 296 Å². The first-order valence-electron chi connectivity index (χ1n) is 18.6. The first-order valence-corrected chi connectivity index (χ1v) is 16.6. The van der Waals surface area contributed by atoms with E-state index in [1.54, 1.807) is 18.2 Å². The first-order chi connectivity index (χ1) is 26.9. The van der Waals surface area contributed by atoms with Gasteiger partial charge in [0.15, 0.2) is 17.5 Å². The van der Waals surface area contributed by atoms with Crippen molar-refractivity contribution < 1.29 is 14.3 Å². The molecular weight excluding hydrogens is 629 g/mol. The van der Waals surface area contributed by atoms with Gasteiger partial charge in [-0.15, -0.1) is 0 Å². The summed E-state index contributed by atoms with van der Waals surface area (Å²) in [5, 5.41) is 4.80. The fraction of sp³-hybridized carbons (Fsp3) is 0. The Hall–Kier alpha value is -7.05. The van der Waals surface area contributed by atoms with E-state index in [0.29, 0.717) is 50.7 Å². The molecule has 0 aliphatic heterocycles. The van der Waals surface area contributed by atoms with Gasteiger partial charge in [0.2, 0.25) is 0 Å². The minimum Gasteiger partial charge on any atom is -0.456 e. The summed E-state index contributed by atoms with van der Waals surface area (Å²) in [7, 11) is 0. The van der Waals surface area contributed by atoms with E-state index in [1.807, 2.05) is 108 Å². The monoisotopic (exact) mass is 658 g/mol. The molecule has 51 heavy (non-hydrogen) atoms. The maximum atomic E-state index is 9.08. The second kappa shape index (κ2) is 10.7. The van der Waals surface area contributed by atoms with Crippen LogP contribution in [0.3, 0.4) is 0 Å². The van der Waals surface area contributed by atoms with Gasteiger partial charge in [0, 0.05) is 49.3 Å². The molecule has 0 fully saturated rings. The van der Waals surface area contributed by atoms with Gasteiger partial charge in [-0.1, -0.05) is 103 Å². The fourth-order valence-electron chi connectivity index (χ4n) is 7.25. The lowest BCUT2D eigenvalue weighted by Gasteiger charge is -2.09. The molecule has 7 aromatic carbocycles. The predicted molar refractivity (Wildman–Crippen MR) is 205 cm³/mol. The van der Waals surface area contributed by atoms with Crippen LogP contribution in [0.2, 0.25) is 0 Å². The maximum Gasteiger partial charge on any atom is 0.164 e. The molecule has 0 N–H and O–H groups in total. The van der Waals surface area contributed by atoms with Crippen molar-refractivity contribution in [3.05, 3.63) is 158 Å². The van der Waals surface area contributed by atoms with E-state index in [9.17, 15) is 0 Å². The third-order valence-electron chi connectivity index (χ3n) is 9.56. The number of hydrogen-bond acceptors (Lipinski definition) is 5. The molecule has 4 aromatic heterocycles. The van der Waals surface area contributed by atoms with Crippen LogP contribution in [0.25, 0.3) is 106 Å². The molecule has 238 valence electrons. The molecule has 11 rings (SSSR count). The van der Waals surface area contributed by atoms with Gasteiger partial charge in [-0.05, 0) is 54.5 Å². The molecule has 0 unspecified atom stereocenters. The highest BCUT2D eigenvalue weighted by Gasteiger charge is 2.20. The third-order valence-corrected chi connectivity index (χ3v) is 9.56. The van der Waals surface area contributed by atoms with Crippen molar-refractivity contribution >= 4 is 65.7 Å². The largest absolute Gasteiger partial charge is 0.456 e. The minimum absolute atomic E-state index is 0.138. The second-order valence-electron chi connectivity index (χ2n) is 12.5. The quantitative estimate of drug-likeness (QED) is 0.188. The van der Waals surface area contributed by atoms with E-state index in [0.717, 1.165) is 54.8 Å². The Morgan fingerprint density at radius 3 is 1.86 bits per heavy atom. The molecule has 6 nitrogen and oxygen atoms in total. The van der Waals surface area contributed by atoms with Crippen molar-refractivity contribution in [2.75, 3.05) is 0 Å². The SMILES string of the molecule is [2H]c1cc([2H])c2oc3ccc4c5cc([2H])cc([2H])c5n(-c5ccc6oc7cc(-c8nc(-c9ccccc9)nc(-c9ccccc9)n8)ccc7c6c5)c4c3c2c1.